The average molecular weight is 195 g/mol. The molecule has 1 aromatic carbocycles. The van der Waals surface area contributed by atoms with Gasteiger partial charge >= 0.3 is 0 Å². The molecule has 0 radical (unpaired) electrons. The molecule has 74 valence electrons. The average Bonchev–Trinajstić information content (AvgIpc) is 2.16. The summed E-state index contributed by atoms with van der Waals surface area (Å²) >= 11 is 0. The molecule has 0 aliphatic rings. The highest BCUT2D eigenvalue weighted by Crippen LogP contribution is 2.17. The Hall–Kier alpha value is -1.91. The summed E-state index contributed by atoms with van der Waals surface area (Å²) in [5, 5.41) is 10.1. The van der Waals surface area contributed by atoms with Crippen molar-refractivity contribution in [3.8, 4) is 5.75 Å². The fraction of sp³-hybridized carbons (Fsp3) is 0.222. The summed E-state index contributed by atoms with van der Waals surface area (Å²) in [6.45, 7) is -0.708. The normalized spacial score (nSPS) is 9.50. The highest BCUT2D eigenvalue weighted by atomic mass is 16.6. The number of Topliss-reactive ketones (excluding diaryl/α,β-unsaturated/α-hetero) is 1. The molecule has 0 spiro atoms. The van der Waals surface area contributed by atoms with E-state index in [9.17, 15) is 14.9 Å². The molecule has 0 saturated heterocycles. The first-order valence-electron chi connectivity index (χ1n) is 3.93. The van der Waals surface area contributed by atoms with Crippen molar-refractivity contribution in [2.75, 3.05) is 13.7 Å². The quantitative estimate of drug-likeness (QED) is 0.410. The molecule has 1 aromatic rings. The number of benzene rings is 1. The zero-order valence-corrected chi connectivity index (χ0v) is 7.60. The smallest absolute Gasteiger partial charge is 0.265 e. The van der Waals surface area contributed by atoms with Crippen molar-refractivity contribution in [2.45, 2.75) is 0 Å². The molecular formula is C9H9NO4. The van der Waals surface area contributed by atoms with Crippen molar-refractivity contribution >= 4 is 5.78 Å². The molecule has 0 amide bonds. The zero-order valence-electron chi connectivity index (χ0n) is 7.60. The van der Waals surface area contributed by atoms with Crippen LogP contribution in [0.4, 0.5) is 0 Å². The number of ether oxygens (including phenoxy) is 1. The van der Waals surface area contributed by atoms with Crippen LogP contribution in [0.25, 0.3) is 0 Å². The van der Waals surface area contributed by atoms with E-state index < -0.39 is 17.3 Å². The summed E-state index contributed by atoms with van der Waals surface area (Å²) in [5.74, 6) is -0.188. The molecule has 14 heavy (non-hydrogen) atoms. The lowest BCUT2D eigenvalue weighted by Gasteiger charge is -2.04. The molecule has 0 unspecified atom stereocenters. The minimum absolute atomic E-state index is 0.242. The Labute approximate surface area is 80.5 Å². The predicted octanol–water partition coefficient (Wildman–Crippen LogP) is 1.15. The third-order valence-electron chi connectivity index (χ3n) is 1.68. The maximum absolute atomic E-state index is 11.3. The highest BCUT2D eigenvalue weighted by molar-refractivity contribution is 5.99. The molecule has 1 rings (SSSR count). The summed E-state index contributed by atoms with van der Waals surface area (Å²) in [7, 11) is 1.41. The summed E-state index contributed by atoms with van der Waals surface area (Å²) in [5.41, 5.74) is 0.242. The van der Waals surface area contributed by atoms with Gasteiger partial charge in [-0.1, -0.05) is 12.1 Å². The van der Waals surface area contributed by atoms with Gasteiger partial charge in [0.25, 0.3) is 6.54 Å². The Kier molecular flexibility index (Phi) is 3.17. The van der Waals surface area contributed by atoms with Gasteiger partial charge in [0.1, 0.15) is 5.75 Å². The Balaban J connectivity index is 2.94. The van der Waals surface area contributed by atoms with E-state index in [1.165, 1.54) is 13.2 Å². The van der Waals surface area contributed by atoms with Crippen LogP contribution in [0.15, 0.2) is 24.3 Å². The number of hydrogen-bond acceptors (Lipinski definition) is 4. The molecule has 0 fully saturated rings. The number of hydrogen-bond donors (Lipinski definition) is 0. The standard InChI is InChI=1S/C9H9NO4/c1-14-9-5-3-2-4-7(9)8(11)6-10(12)13/h2-5H,6H2,1H3. The lowest BCUT2D eigenvalue weighted by atomic mass is 10.1. The third-order valence-corrected chi connectivity index (χ3v) is 1.68. The maximum Gasteiger partial charge on any atom is 0.265 e. The van der Waals surface area contributed by atoms with Gasteiger partial charge in [-0.15, -0.1) is 0 Å². The van der Waals surface area contributed by atoms with Crippen LogP contribution in [0, 0.1) is 10.1 Å². The van der Waals surface area contributed by atoms with Gasteiger partial charge in [-0.3, -0.25) is 14.9 Å². The van der Waals surface area contributed by atoms with Gasteiger partial charge in [0.05, 0.1) is 12.7 Å². The minimum Gasteiger partial charge on any atom is -0.496 e. The van der Waals surface area contributed by atoms with Crippen molar-refractivity contribution < 1.29 is 14.5 Å². The van der Waals surface area contributed by atoms with Gasteiger partial charge in [-0.2, -0.15) is 0 Å². The lowest BCUT2D eigenvalue weighted by Crippen LogP contribution is -2.14. The van der Waals surface area contributed by atoms with Gasteiger partial charge in [0.2, 0.25) is 5.78 Å². The topological polar surface area (TPSA) is 69.4 Å². The SMILES string of the molecule is COc1ccccc1C(=O)C[N+](=O)[O-]. The molecule has 0 N–H and O–H groups in total. The molecule has 0 heterocycles. The first-order valence-corrected chi connectivity index (χ1v) is 3.93. The Morgan fingerprint density at radius 3 is 2.71 bits per heavy atom. The molecule has 0 bridgehead atoms. The van der Waals surface area contributed by atoms with Gasteiger partial charge in [0.15, 0.2) is 0 Å². The number of ketones is 1. The fourth-order valence-electron chi connectivity index (χ4n) is 1.08. The molecular weight excluding hydrogens is 186 g/mol. The molecule has 0 aromatic heterocycles. The van der Waals surface area contributed by atoms with Crippen molar-refractivity contribution in [1.82, 2.24) is 0 Å². The number of nitro groups is 1. The van der Waals surface area contributed by atoms with Crippen LogP contribution < -0.4 is 4.74 Å². The highest BCUT2D eigenvalue weighted by Gasteiger charge is 2.16. The number of para-hydroxylation sites is 1. The van der Waals surface area contributed by atoms with Gasteiger partial charge < -0.3 is 4.74 Å². The predicted molar refractivity (Wildman–Crippen MR) is 49.2 cm³/mol. The summed E-state index contributed by atoms with van der Waals surface area (Å²) in [6.07, 6.45) is 0. The van der Waals surface area contributed by atoms with Gasteiger partial charge in [-0.25, -0.2) is 0 Å². The molecule has 0 aliphatic heterocycles. The molecule has 5 nitrogen and oxygen atoms in total. The number of carbonyl (C=O) groups excluding carboxylic acids is 1. The second kappa shape index (κ2) is 4.36. The van der Waals surface area contributed by atoms with Crippen LogP contribution in [0.1, 0.15) is 10.4 Å². The maximum atomic E-state index is 11.3. The summed E-state index contributed by atoms with van der Waals surface area (Å²) < 4.78 is 4.90. The van der Waals surface area contributed by atoms with E-state index in [0.29, 0.717) is 5.75 Å². The minimum atomic E-state index is -0.708. The van der Waals surface area contributed by atoms with Crippen LogP contribution in [0.3, 0.4) is 0 Å². The van der Waals surface area contributed by atoms with E-state index in [1.807, 2.05) is 0 Å². The van der Waals surface area contributed by atoms with Crippen LogP contribution in [-0.4, -0.2) is 24.4 Å². The van der Waals surface area contributed by atoms with E-state index in [1.54, 1.807) is 18.2 Å². The van der Waals surface area contributed by atoms with Crippen molar-refractivity contribution in [2.24, 2.45) is 0 Å². The summed E-state index contributed by atoms with van der Waals surface area (Å²) in [6, 6.07) is 6.43. The van der Waals surface area contributed by atoms with Crippen molar-refractivity contribution in [3.05, 3.63) is 39.9 Å². The van der Waals surface area contributed by atoms with E-state index in [-0.39, 0.29) is 5.56 Å². The Morgan fingerprint density at radius 2 is 2.14 bits per heavy atom. The number of rotatable bonds is 4. The van der Waals surface area contributed by atoms with Crippen molar-refractivity contribution in [1.29, 1.82) is 0 Å². The first-order chi connectivity index (χ1) is 6.65. The van der Waals surface area contributed by atoms with E-state index in [0.717, 1.165) is 0 Å². The molecule has 0 atom stereocenters. The monoisotopic (exact) mass is 195 g/mol. The summed E-state index contributed by atoms with van der Waals surface area (Å²) in [4.78, 5) is 20.8. The Morgan fingerprint density at radius 1 is 1.50 bits per heavy atom. The second-order valence-electron chi connectivity index (χ2n) is 2.61. The largest absolute Gasteiger partial charge is 0.496 e. The van der Waals surface area contributed by atoms with Crippen LogP contribution in [0.2, 0.25) is 0 Å². The molecule has 0 saturated carbocycles. The van der Waals surface area contributed by atoms with Crippen LogP contribution >= 0.6 is 0 Å². The second-order valence-corrected chi connectivity index (χ2v) is 2.61. The fourth-order valence-corrected chi connectivity index (χ4v) is 1.08. The van der Waals surface area contributed by atoms with Crippen LogP contribution in [-0.2, 0) is 0 Å². The van der Waals surface area contributed by atoms with Gasteiger partial charge in [0, 0.05) is 4.92 Å². The van der Waals surface area contributed by atoms with Crippen molar-refractivity contribution in [3.63, 3.8) is 0 Å². The van der Waals surface area contributed by atoms with Gasteiger partial charge in [-0.05, 0) is 12.1 Å². The Bertz CT molecular complexity index is 362. The number of nitrogens with zero attached hydrogens (tertiary/aromatic N) is 1. The van der Waals surface area contributed by atoms with E-state index in [4.69, 9.17) is 4.74 Å². The van der Waals surface area contributed by atoms with E-state index in [2.05, 4.69) is 0 Å². The lowest BCUT2D eigenvalue weighted by molar-refractivity contribution is -0.465. The third kappa shape index (κ3) is 2.29. The number of methoxy groups -OCH3 is 1. The molecule has 0 aliphatic carbocycles. The number of carbonyl (C=O) groups is 1. The van der Waals surface area contributed by atoms with Crippen LogP contribution in [0.5, 0.6) is 5.75 Å². The zero-order chi connectivity index (χ0) is 10.6. The first kappa shape index (κ1) is 10.2. The van der Waals surface area contributed by atoms with E-state index >= 15 is 0 Å². The molecule has 5 heteroatoms.